The van der Waals surface area contributed by atoms with Gasteiger partial charge in [-0.3, -0.25) is 14.4 Å². The highest BCUT2D eigenvalue weighted by Crippen LogP contribution is 2.38. The van der Waals surface area contributed by atoms with Crippen molar-refractivity contribution in [2.45, 2.75) is 88.9 Å². The van der Waals surface area contributed by atoms with Crippen LogP contribution in [0.3, 0.4) is 0 Å². The Bertz CT molecular complexity index is 1350. The first-order valence-corrected chi connectivity index (χ1v) is 15.4. The molecular formula is C32H42FN5O3. The number of nitrogens with zero attached hydrogens (tertiary/aromatic N) is 4. The standard InChI is InChI=1S/C32H42FN5O3/c1-41-28-18-23(36-31-25(28)13-7-16-34-31)9-2-5-14-27(33)22-15-17-37(20-22)30(32(39)40)26-12-6-8-21-19-35-38(29(21)26)24-10-3-4-11-24/h6,8,12,18-19,22,24,27,30H,2-5,7,9-11,13-17,20H2,1H3,(H,34,36)(H,39,40)/t22-,27+,30-/m1/s1. The number of nitrogens with one attached hydrogen (secondary N) is 1. The van der Waals surface area contributed by atoms with E-state index in [4.69, 9.17) is 9.72 Å². The number of carboxylic acids is 1. The Morgan fingerprint density at radius 3 is 2.88 bits per heavy atom. The molecule has 3 aliphatic rings. The Hall–Kier alpha value is -3.20. The predicted molar refractivity (Wildman–Crippen MR) is 157 cm³/mol. The third-order valence-electron chi connectivity index (χ3n) is 9.40. The van der Waals surface area contributed by atoms with Crippen LogP contribution in [-0.4, -0.2) is 63.7 Å². The summed E-state index contributed by atoms with van der Waals surface area (Å²) in [5.41, 5.74) is 3.83. The van der Waals surface area contributed by atoms with Crippen molar-refractivity contribution in [3.05, 3.63) is 47.3 Å². The minimum atomic E-state index is -0.943. The molecule has 220 valence electrons. The molecule has 0 unspecified atom stereocenters. The zero-order valence-electron chi connectivity index (χ0n) is 24.0. The number of carboxylic acid groups (broad SMARTS) is 1. The fourth-order valence-electron chi connectivity index (χ4n) is 7.26. The number of alkyl halides is 1. The van der Waals surface area contributed by atoms with Gasteiger partial charge in [-0.05, 0) is 57.9 Å². The third kappa shape index (κ3) is 5.78. The minimum Gasteiger partial charge on any atom is -0.496 e. The summed E-state index contributed by atoms with van der Waals surface area (Å²) >= 11 is 0. The highest BCUT2D eigenvalue weighted by Gasteiger charge is 2.38. The number of carbonyl (C=O) groups is 1. The first-order valence-electron chi connectivity index (χ1n) is 15.4. The SMILES string of the molecule is COc1cc(CCCC[C@H](F)[C@@H]2CCN([C@@H](C(=O)O)c3cccc4cnn(C5CCCC5)c34)C2)nc2c1CCCN2. The Balaban J connectivity index is 1.07. The number of halogens is 1. The second-order valence-electron chi connectivity index (χ2n) is 12.0. The van der Waals surface area contributed by atoms with Gasteiger partial charge in [-0.25, -0.2) is 9.37 Å². The molecule has 0 spiro atoms. The summed E-state index contributed by atoms with van der Waals surface area (Å²) in [6, 6.07) is 7.40. The van der Waals surface area contributed by atoms with Gasteiger partial charge < -0.3 is 15.2 Å². The maximum atomic E-state index is 15.5. The van der Waals surface area contributed by atoms with E-state index in [9.17, 15) is 9.90 Å². The summed E-state index contributed by atoms with van der Waals surface area (Å²) in [4.78, 5) is 19.4. The van der Waals surface area contributed by atoms with Gasteiger partial charge in [0.1, 0.15) is 23.8 Å². The van der Waals surface area contributed by atoms with Gasteiger partial charge in [-0.15, -0.1) is 0 Å². The molecule has 2 aromatic heterocycles. The second kappa shape index (κ2) is 12.3. The first kappa shape index (κ1) is 27.9. The fourth-order valence-corrected chi connectivity index (χ4v) is 7.26. The summed E-state index contributed by atoms with van der Waals surface area (Å²) in [6.45, 7) is 1.97. The molecule has 0 amide bonds. The van der Waals surface area contributed by atoms with Crippen molar-refractivity contribution < 1.29 is 19.0 Å². The lowest BCUT2D eigenvalue weighted by atomic mass is 9.97. The molecule has 1 saturated heterocycles. The number of aliphatic carboxylic acids is 1. The van der Waals surface area contributed by atoms with Gasteiger partial charge in [0.25, 0.3) is 0 Å². The summed E-state index contributed by atoms with van der Waals surface area (Å²) < 4.78 is 23.1. The van der Waals surface area contributed by atoms with Crippen LogP contribution in [0.4, 0.5) is 10.2 Å². The first-order chi connectivity index (χ1) is 20.0. The number of pyridine rings is 1. The van der Waals surface area contributed by atoms with Crippen LogP contribution in [0.1, 0.15) is 86.7 Å². The fraction of sp³-hybridized carbons (Fsp3) is 0.594. The van der Waals surface area contributed by atoms with Gasteiger partial charge in [0.05, 0.1) is 24.9 Å². The molecule has 9 heteroatoms. The normalized spacial score (nSPS) is 21.1. The van der Waals surface area contributed by atoms with Gasteiger partial charge in [0.2, 0.25) is 0 Å². The number of likely N-dealkylation sites (tertiary alicyclic amines) is 1. The van der Waals surface area contributed by atoms with E-state index in [0.29, 0.717) is 32.0 Å². The summed E-state index contributed by atoms with van der Waals surface area (Å²) in [5.74, 6) is 0.786. The van der Waals surface area contributed by atoms with E-state index < -0.39 is 18.2 Å². The maximum absolute atomic E-state index is 15.5. The molecule has 8 nitrogen and oxygen atoms in total. The van der Waals surface area contributed by atoms with Gasteiger partial charge in [-0.2, -0.15) is 5.10 Å². The lowest BCUT2D eigenvalue weighted by molar-refractivity contribution is -0.143. The van der Waals surface area contributed by atoms with Crippen LogP contribution in [0.5, 0.6) is 5.75 Å². The molecular weight excluding hydrogens is 521 g/mol. The molecule has 3 aromatic rings. The molecule has 0 bridgehead atoms. The second-order valence-corrected chi connectivity index (χ2v) is 12.0. The lowest BCUT2D eigenvalue weighted by Crippen LogP contribution is -2.34. The van der Waals surface area contributed by atoms with E-state index in [1.807, 2.05) is 35.4 Å². The highest BCUT2D eigenvalue weighted by atomic mass is 19.1. The number of aryl methyl sites for hydroxylation is 1. The number of fused-ring (bicyclic) bond motifs is 2. The van der Waals surface area contributed by atoms with Crippen LogP contribution in [0.15, 0.2) is 30.5 Å². The molecule has 41 heavy (non-hydrogen) atoms. The molecule has 2 aliphatic heterocycles. The number of benzene rings is 1. The highest BCUT2D eigenvalue weighted by molar-refractivity contribution is 5.88. The molecule has 3 atom stereocenters. The number of aromatic nitrogens is 3. The van der Waals surface area contributed by atoms with Gasteiger partial charge in [0.15, 0.2) is 0 Å². The van der Waals surface area contributed by atoms with E-state index in [2.05, 4.69) is 15.1 Å². The van der Waals surface area contributed by atoms with Gasteiger partial charge in [-0.1, -0.05) is 37.5 Å². The topological polar surface area (TPSA) is 92.5 Å². The molecule has 2 N–H and O–H groups in total. The van der Waals surface area contributed by atoms with Crippen LogP contribution in [-0.2, 0) is 17.6 Å². The third-order valence-corrected chi connectivity index (χ3v) is 9.40. The number of unbranched alkanes of at least 4 members (excludes halogenated alkanes) is 1. The van der Waals surface area contributed by atoms with Crippen molar-refractivity contribution in [2.24, 2.45) is 5.92 Å². The number of hydrogen-bond donors (Lipinski definition) is 2. The molecule has 4 heterocycles. The zero-order chi connectivity index (χ0) is 28.3. The van der Waals surface area contributed by atoms with Crippen LogP contribution < -0.4 is 10.1 Å². The largest absolute Gasteiger partial charge is 0.496 e. The number of ether oxygens (including phenoxy) is 1. The Morgan fingerprint density at radius 2 is 2.07 bits per heavy atom. The number of anilines is 1. The molecule has 1 saturated carbocycles. The summed E-state index contributed by atoms with van der Waals surface area (Å²) in [5, 5.41) is 19.4. The molecule has 0 radical (unpaired) electrons. The van der Waals surface area contributed by atoms with E-state index >= 15 is 4.39 Å². The molecule has 6 rings (SSSR count). The molecule has 2 fully saturated rings. The van der Waals surface area contributed by atoms with Crippen LogP contribution >= 0.6 is 0 Å². The smallest absolute Gasteiger partial charge is 0.325 e. The van der Waals surface area contributed by atoms with E-state index in [0.717, 1.165) is 90.8 Å². The molecule has 1 aliphatic carbocycles. The van der Waals surface area contributed by atoms with Crippen molar-refractivity contribution in [1.82, 2.24) is 19.7 Å². The van der Waals surface area contributed by atoms with Crippen LogP contribution in [0.25, 0.3) is 10.9 Å². The van der Waals surface area contributed by atoms with Crippen molar-refractivity contribution in [3.8, 4) is 5.75 Å². The van der Waals surface area contributed by atoms with Crippen LogP contribution in [0, 0.1) is 5.92 Å². The van der Waals surface area contributed by atoms with Crippen LogP contribution in [0.2, 0.25) is 0 Å². The van der Waals surface area contributed by atoms with Crippen molar-refractivity contribution in [1.29, 1.82) is 0 Å². The van der Waals surface area contributed by atoms with E-state index in [-0.39, 0.29) is 5.92 Å². The number of para-hydroxylation sites is 1. The zero-order valence-corrected chi connectivity index (χ0v) is 24.0. The van der Waals surface area contributed by atoms with Gasteiger partial charge in [0, 0.05) is 47.3 Å². The quantitative estimate of drug-likeness (QED) is 0.272. The lowest BCUT2D eigenvalue weighted by Gasteiger charge is -2.26. The Labute approximate surface area is 241 Å². The number of methoxy groups -OCH3 is 1. The Kier molecular flexibility index (Phi) is 8.42. The monoisotopic (exact) mass is 563 g/mol. The van der Waals surface area contributed by atoms with Gasteiger partial charge >= 0.3 is 5.97 Å². The summed E-state index contributed by atoms with van der Waals surface area (Å²) in [7, 11) is 1.70. The average Bonchev–Trinajstić information content (AvgIpc) is 3.76. The van der Waals surface area contributed by atoms with Crippen molar-refractivity contribution >= 4 is 22.7 Å². The molecule has 1 aromatic carbocycles. The summed E-state index contributed by atoms with van der Waals surface area (Å²) in [6.07, 6.45) is 11.1. The predicted octanol–water partition coefficient (Wildman–Crippen LogP) is 6.11. The van der Waals surface area contributed by atoms with Crippen molar-refractivity contribution in [3.63, 3.8) is 0 Å². The number of hydrogen-bond acceptors (Lipinski definition) is 6. The average molecular weight is 564 g/mol. The number of rotatable bonds is 11. The Morgan fingerprint density at radius 1 is 1.22 bits per heavy atom. The van der Waals surface area contributed by atoms with Crippen molar-refractivity contribution in [2.75, 3.05) is 32.1 Å². The minimum absolute atomic E-state index is 0.151. The maximum Gasteiger partial charge on any atom is 0.325 e. The van der Waals surface area contributed by atoms with E-state index in [1.54, 1.807) is 7.11 Å². The van der Waals surface area contributed by atoms with E-state index in [1.165, 1.54) is 12.8 Å².